The molecule has 0 spiro atoms. The van der Waals surface area contributed by atoms with Gasteiger partial charge in [-0.15, -0.1) is 0 Å². The van der Waals surface area contributed by atoms with Gasteiger partial charge in [-0.2, -0.15) is 0 Å². The van der Waals surface area contributed by atoms with Gasteiger partial charge in [0, 0.05) is 12.1 Å². The highest BCUT2D eigenvalue weighted by atomic mass is 19.1. The Balaban J connectivity index is 1.97. The van der Waals surface area contributed by atoms with Crippen molar-refractivity contribution in [1.29, 1.82) is 0 Å². The molecule has 1 aromatic rings. The second-order valence-electron chi connectivity index (χ2n) is 5.47. The minimum atomic E-state index is -0.531. The third-order valence-electron chi connectivity index (χ3n) is 3.47. The summed E-state index contributed by atoms with van der Waals surface area (Å²) in [5.74, 6) is 0.208. The van der Waals surface area contributed by atoms with Crippen molar-refractivity contribution in [2.24, 2.45) is 11.7 Å². The van der Waals surface area contributed by atoms with E-state index in [0.717, 1.165) is 5.56 Å². The number of benzene rings is 1. The average Bonchev–Trinajstić information content (AvgIpc) is 2.45. The summed E-state index contributed by atoms with van der Waals surface area (Å²) in [7, 11) is 0. The van der Waals surface area contributed by atoms with Crippen LogP contribution in [0.1, 0.15) is 25.0 Å². The first-order valence-electron chi connectivity index (χ1n) is 7.04. The summed E-state index contributed by atoms with van der Waals surface area (Å²) >= 11 is 0. The Morgan fingerprint density at radius 1 is 1.48 bits per heavy atom. The Labute approximate surface area is 123 Å². The number of carbonyl (C=O) groups is 1. The third kappa shape index (κ3) is 3.92. The van der Waals surface area contributed by atoms with E-state index in [0.29, 0.717) is 30.9 Å². The summed E-state index contributed by atoms with van der Waals surface area (Å²) in [5, 5.41) is 2.77. The van der Waals surface area contributed by atoms with Gasteiger partial charge in [0.1, 0.15) is 11.6 Å². The number of hydrogen-bond donors (Lipinski definition) is 2. The zero-order chi connectivity index (χ0) is 15.4. The quantitative estimate of drug-likeness (QED) is 0.860. The van der Waals surface area contributed by atoms with Crippen LogP contribution in [0.3, 0.4) is 0 Å². The monoisotopic (exact) mass is 296 g/mol. The molecule has 1 amide bonds. The van der Waals surface area contributed by atoms with Crippen LogP contribution in [0.15, 0.2) is 12.1 Å². The highest BCUT2D eigenvalue weighted by Crippen LogP contribution is 2.29. The third-order valence-corrected chi connectivity index (χ3v) is 3.47. The molecule has 5 nitrogen and oxygen atoms in total. The molecule has 1 aromatic carbocycles. The van der Waals surface area contributed by atoms with E-state index in [2.05, 4.69) is 5.32 Å². The van der Waals surface area contributed by atoms with E-state index < -0.39 is 6.04 Å². The van der Waals surface area contributed by atoms with Crippen LogP contribution in [0.25, 0.3) is 0 Å². The number of rotatable bonds is 5. The van der Waals surface area contributed by atoms with E-state index >= 15 is 0 Å². The highest BCUT2D eigenvalue weighted by molar-refractivity contribution is 5.81. The number of ether oxygens (including phenoxy) is 2. The molecule has 0 bridgehead atoms. The van der Waals surface area contributed by atoms with Crippen molar-refractivity contribution in [2.45, 2.75) is 32.9 Å². The number of carbonyl (C=O) groups excluding carboxylic acids is 1. The van der Waals surface area contributed by atoms with Crippen LogP contribution in [0.4, 0.5) is 4.39 Å². The van der Waals surface area contributed by atoms with Gasteiger partial charge in [0.2, 0.25) is 5.91 Å². The maximum Gasteiger partial charge on any atom is 0.237 e. The van der Waals surface area contributed by atoms with Crippen molar-refractivity contribution in [2.75, 3.05) is 13.3 Å². The molecule has 2 rings (SSSR count). The summed E-state index contributed by atoms with van der Waals surface area (Å²) in [4.78, 5) is 11.8. The zero-order valence-electron chi connectivity index (χ0n) is 12.3. The summed E-state index contributed by atoms with van der Waals surface area (Å²) in [5.41, 5.74) is 7.19. The fourth-order valence-electron chi connectivity index (χ4n) is 2.18. The van der Waals surface area contributed by atoms with E-state index in [1.54, 1.807) is 0 Å². The van der Waals surface area contributed by atoms with Crippen molar-refractivity contribution >= 4 is 5.91 Å². The SMILES string of the molecule is CC(C)[C@H](N)C(=O)NCCc1cc(F)cc2c1OCOC2. The molecule has 3 N–H and O–H groups in total. The molecule has 1 atom stereocenters. The molecule has 0 unspecified atom stereocenters. The smallest absolute Gasteiger partial charge is 0.237 e. The van der Waals surface area contributed by atoms with Gasteiger partial charge in [-0.1, -0.05) is 13.8 Å². The molecule has 0 fully saturated rings. The van der Waals surface area contributed by atoms with Crippen LogP contribution in [0, 0.1) is 11.7 Å². The molecule has 1 aliphatic heterocycles. The van der Waals surface area contributed by atoms with Crippen LogP contribution in [-0.4, -0.2) is 25.3 Å². The Bertz CT molecular complexity index is 520. The Morgan fingerprint density at radius 2 is 2.24 bits per heavy atom. The maximum absolute atomic E-state index is 13.6. The Hall–Kier alpha value is -1.66. The first-order valence-corrected chi connectivity index (χ1v) is 7.04. The van der Waals surface area contributed by atoms with Gasteiger partial charge >= 0.3 is 0 Å². The predicted molar refractivity (Wildman–Crippen MR) is 76.2 cm³/mol. The van der Waals surface area contributed by atoms with E-state index in [4.69, 9.17) is 15.2 Å². The van der Waals surface area contributed by atoms with Gasteiger partial charge in [0.15, 0.2) is 6.79 Å². The number of halogens is 1. The van der Waals surface area contributed by atoms with Crippen molar-refractivity contribution in [1.82, 2.24) is 5.32 Å². The van der Waals surface area contributed by atoms with E-state index in [1.165, 1.54) is 12.1 Å². The lowest BCUT2D eigenvalue weighted by Crippen LogP contribution is -2.44. The fraction of sp³-hybridized carbons (Fsp3) is 0.533. The lowest BCUT2D eigenvalue weighted by Gasteiger charge is -2.21. The van der Waals surface area contributed by atoms with Crippen LogP contribution in [0.5, 0.6) is 5.75 Å². The molecular weight excluding hydrogens is 275 g/mol. The number of amides is 1. The molecular formula is C15H21FN2O3. The van der Waals surface area contributed by atoms with Crippen molar-refractivity contribution in [3.63, 3.8) is 0 Å². The largest absolute Gasteiger partial charge is 0.467 e. The molecule has 0 saturated carbocycles. The van der Waals surface area contributed by atoms with Crippen LogP contribution < -0.4 is 15.8 Å². The van der Waals surface area contributed by atoms with Crippen LogP contribution in [-0.2, 0) is 22.6 Å². The minimum Gasteiger partial charge on any atom is -0.467 e. The van der Waals surface area contributed by atoms with Gasteiger partial charge in [-0.05, 0) is 30.0 Å². The van der Waals surface area contributed by atoms with Gasteiger partial charge in [-0.3, -0.25) is 4.79 Å². The first-order chi connectivity index (χ1) is 9.99. The van der Waals surface area contributed by atoms with Crippen LogP contribution in [0.2, 0.25) is 0 Å². The summed E-state index contributed by atoms with van der Waals surface area (Å²) in [6.45, 7) is 4.67. The predicted octanol–water partition coefficient (Wildman–Crippen LogP) is 1.33. The molecule has 116 valence electrons. The topological polar surface area (TPSA) is 73.6 Å². The number of hydrogen-bond acceptors (Lipinski definition) is 4. The zero-order valence-corrected chi connectivity index (χ0v) is 12.3. The Kier molecular flexibility index (Phi) is 5.14. The van der Waals surface area contributed by atoms with Crippen molar-refractivity contribution in [3.05, 3.63) is 29.1 Å². The van der Waals surface area contributed by atoms with Gasteiger partial charge in [0.25, 0.3) is 0 Å². The second-order valence-corrected chi connectivity index (χ2v) is 5.47. The van der Waals surface area contributed by atoms with Crippen LogP contribution >= 0.6 is 0 Å². The maximum atomic E-state index is 13.6. The molecule has 6 heteroatoms. The first kappa shape index (κ1) is 15.7. The van der Waals surface area contributed by atoms with E-state index in [-0.39, 0.29) is 24.4 Å². The summed E-state index contributed by atoms with van der Waals surface area (Å²) < 4.78 is 24.1. The molecule has 1 aliphatic rings. The number of fused-ring (bicyclic) bond motifs is 1. The van der Waals surface area contributed by atoms with Crippen molar-refractivity contribution in [3.8, 4) is 5.75 Å². The lowest BCUT2D eigenvalue weighted by atomic mass is 10.0. The molecule has 21 heavy (non-hydrogen) atoms. The van der Waals surface area contributed by atoms with Gasteiger partial charge in [-0.25, -0.2) is 4.39 Å². The molecule has 0 radical (unpaired) electrons. The average molecular weight is 296 g/mol. The summed E-state index contributed by atoms with van der Waals surface area (Å²) in [6, 6.07) is 2.31. The van der Waals surface area contributed by atoms with E-state index in [1.807, 2.05) is 13.8 Å². The van der Waals surface area contributed by atoms with Gasteiger partial charge < -0.3 is 20.5 Å². The fourth-order valence-corrected chi connectivity index (χ4v) is 2.18. The number of nitrogens with two attached hydrogens (primary N) is 1. The molecule has 0 saturated heterocycles. The number of nitrogens with one attached hydrogen (secondary N) is 1. The molecule has 0 aromatic heterocycles. The lowest BCUT2D eigenvalue weighted by molar-refractivity contribution is -0.123. The second kappa shape index (κ2) is 6.87. The van der Waals surface area contributed by atoms with Crippen molar-refractivity contribution < 1.29 is 18.7 Å². The van der Waals surface area contributed by atoms with E-state index in [9.17, 15) is 9.18 Å². The molecule has 1 heterocycles. The molecule has 0 aliphatic carbocycles. The summed E-state index contributed by atoms with van der Waals surface area (Å²) in [6.07, 6.45) is 0.483. The standard InChI is InChI=1S/C15H21FN2O3/c1-9(2)13(17)15(19)18-4-3-10-5-12(16)6-11-7-20-8-21-14(10)11/h5-6,9,13H,3-4,7-8,17H2,1-2H3,(H,18,19)/t13-/m0/s1. The highest BCUT2D eigenvalue weighted by Gasteiger charge is 2.19. The minimum absolute atomic E-state index is 0.0763. The Morgan fingerprint density at radius 3 is 2.95 bits per heavy atom. The normalized spacial score (nSPS) is 15.3. The van der Waals surface area contributed by atoms with Gasteiger partial charge in [0.05, 0.1) is 12.6 Å².